The lowest BCUT2D eigenvalue weighted by molar-refractivity contribution is -0.131. The van der Waals surface area contributed by atoms with Crippen molar-refractivity contribution in [3.05, 3.63) is 72.1 Å². The van der Waals surface area contributed by atoms with Crippen molar-refractivity contribution in [1.29, 1.82) is 0 Å². The van der Waals surface area contributed by atoms with Crippen molar-refractivity contribution in [2.24, 2.45) is 0 Å². The van der Waals surface area contributed by atoms with Crippen LogP contribution in [0.15, 0.2) is 60.7 Å². The molecule has 0 spiro atoms. The molecular formula is C23H20F2N6O2. The van der Waals surface area contributed by atoms with Gasteiger partial charge in [0.15, 0.2) is 11.9 Å². The molecule has 0 aliphatic carbocycles. The molecule has 0 radical (unpaired) electrons. The molecule has 4 aromatic rings. The highest BCUT2D eigenvalue weighted by Gasteiger charge is 2.47. The van der Waals surface area contributed by atoms with Gasteiger partial charge in [0.1, 0.15) is 5.69 Å². The maximum Gasteiger partial charge on any atom is 0.287 e. The summed E-state index contributed by atoms with van der Waals surface area (Å²) in [7, 11) is 0. The Morgan fingerprint density at radius 2 is 1.88 bits per heavy atom. The first-order chi connectivity index (χ1) is 15.9. The van der Waals surface area contributed by atoms with Crippen LogP contribution in [-0.2, 0) is 0 Å². The van der Waals surface area contributed by atoms with Crippen molar-refractivity contribution in [2.45, 2.75) is 25.4 Å². The van der Waals surface area contributed by atoms with Crippen LogP contribution in [0, 0.1) is 6.92 Å². The number of alkyl halides is 2. The van der Waals surface area contributed by atoms with Crippen LogP contribution in [0.4, 0.5) is 8.78 Å². The molecule has 0 bridgehead atoms. The van der Waals surface area contributed by atoms with Crippen molar-refractivity contribution in [1.82, 2.24) is 30.1 Å². The molecule has 5 rings (SSSR count). The number of likely N-dealkylation sites (tertiary alicyclic amines) is 1. The van der Waals surface area contributed by atoms with E-state index in [9.17, 15) is 13.6 Å². The minimum absolute atomic E-state index is 0.0929. The van der Waals surface area contributed by atoms with Crippen LogP contribution in [-0.4, -0.2) is 61.1 Å². The van der Waals surface area contributed by atoms with E-state index >= 15 is 0 Å². The molecule has 3 heterocycles. The van der Waals surface area contributed by atoms with E-state index < -0.39 is 24.4 Å². The SMILES string of the molecule is Cc1nnn(-c2ccccc2C(=O)N2CCC(F)(F)C(Oc3ccc4ccccc4n3)C2)n1. The predicted molar refractivity (Wildman–Crippen MR) is 116 cm³/mol. The largest absolute Gasteiger partial charge is 0.466 e. The van der Waals surface area contributed by atoms with Crippen molar-refractivity contribution in [3.63, 3.8) is 0 Å². The van der Waals surface area contributed by atoms with Gasteiger partial charge in [-0.05, 0) is 36.4 Å². The van der Waals surface area contributed by atoms with Gasteiger partial charge in [0, 0.05) is 24.4 Å². The molecule has 0 N–H and O–H groups in total. The van der Waals surface area contributed by atoms with Crippen molar-refractivity contribution in [3.8, 4) is 11.6 Å². The molecule has 1 saturated heterocycles. The van der Waals surface area contributed by atoms with Gasteiger partial charge in [-0.25, -0.2) is 13.8 Å². The molecule has 2 aromatic carbocycles. The molecule has 33 heavy (non-hydrogen) atoms. The Hall–Kier alpha value is -3.95. The zero-order chi connectivity index (χ0) is 23.0. The van der Waals surface area contributed by atoms with Crippen LogP contribution in [0.1, 0.15) is 22.6 Å². The second-order valence-corrected chi connectivity index (χ2v) is 7.85. The number of amides is 1. The number of pyridine rings is 1. The number of aromatic nitrogens is 5. The zero-order valence-corrected chi connectivity index (χ0v) is 17.7. The molecule has 1 atom stereocenters. The summed E-state index contributed by atoms with van der Waals surface area (Å²) in [5, 5.41) is 12.8. The van der Waals surface area contributed by atoms with Crippen molar-refractivity contribution in [2.75, 3.05) is 13.1 Å². The van der Waals surface area contributed by atoms with E-state index in [0.29, 0.717) is 22.6 Å². The van der Waals surface area contributed by atoms with E-state index in [1.807, 2.05) is 18.2 Å². The summed E-state index contributed by atoms with van der Waals surface area (Å²) < 4.78 is 35.1. The summed E-state index contributed by atoms with van der Waals surface area (Å²) in [5.41, 5.74) is 1.36. The van der Waals surface area contributed by atoms with Gasteiger partial charge in [0.2, 0.25) is 5.88 Å². The molecular weight excluding hydrogens is 430 g/mol. The van der Waals surface area contributed by atoms with Gasteiger partial charge in [0.25, 0.3) is 11.8 Å². The van der Waals surface area contributed by atoms with Gasteiger partial charge in [-0.3, -0.25) is 4.79 Å². The average molecular weight is 450 g/mol. The summed E-state index contributed by atoms with van der Waals surface area (Å²) in [4.78, 5) is 20.3. The molecule has 168 valence electrons. The lowest BCUT2D eigenvalue weighted by Crippen LogP contribution is -2.55. The van der Waals surface area contributed by atoms with Crippen LogP contribution >= 0.6 is 0 Å². The number of piperidine rings is 1. The number of carbonyl (C=O) groups excluding carboxylic acids is 1. The lowest BCUT2D eigenvalue weighted by atomic mass is 10.0. The monoisotopic (exact) mass is 450 g/mol. The Morgan fingerprint density at radius 1 is 1.09 bits per heavy atom. The summed E-state index contributed by atoms with van der Waals surface area (Å²) in [5.74, 6) is -2.97. The maximum absolute atomic E-state index is 14.7. The quantitative estimate of drug-likeness (QED) is 0.474. The first kappa shape index (κ1) is 20.9. The summed E-state index contributed by atoms with van der Waals surface area (Å²) in [6.07, 6.45) is -2.04. The highest BCUT2D eigenvalue weighted by atomic mass is 19.3. The van der Waals surface area contributed by atoms with E-state index in [4.69, 9.17) is 4.74 Å². The number of hydrogen-bond acceptors (Lipinski definition) is 6. The van der Waals surface area contributed by atoms with Crippen LogP contribution in [0.25, 0.3) is 16.6 Å². The minimum atomic E-state index is -3.10. The van der Waals surface area contributed by atoms with Crippen LogP contribution in [0.2, 0.25) is 0 Å². The third kappa shape index (κ3) is 4.11. The molecule has 2 aromatic heterocycles. The number of benzene rings is 2. The number of tetrazole rings is 1. The summed E-state index contributed by atoms with van der Waals surface area (Å²) in [6, 6.07) is 17.4. The molecule has 1 aliphatic heterocycles. The fourth-order valence-electron chi connectivity index (χ4n) is 3.82. The van der Waals surface area contributed by atoms with E-state index in [2.05, 4.69) is 20.4 Å². The average Bonchev–Trinajstić information content (AvgIpc) is 3.26. The third-order valence-electron chi connectivity index (χ3n) is 5.56. The minimum Gasteiger partial charge on any atom is -0.466 e. The number of carbonyl (C=O) groups is 1. The molecule has 1 aliphatic rings. The van der Waals surface area contributed by atoms with E-state index in [1.54, 1.807) is 49.4 Å². The highest BCUT2D eigenvalue weighted by molar-refractivity contribution is 5.97. The number of ether oxygens (including phenoxy) is 1. The molecule has 1 amide bonds. The van der Waals surface area contributed by atoms with Gasteiger partial charge >= 0.3 is 0 Å². The summed E-state index contributed by atoms with van der Waals surface area (Å²) in [6.45, 7) is 1.30. The van der Waals surface area contributed by atoms with Crippen molar-refractivity contribution >= 4 is 16.8 Å². The van der Waals surface area contributed by atoms with Gasteiger partial charge in [0.05, 0.1) is 17.6 Å². The molecule has 8 nitrogen and oxygen atoms in total. The van der Waals surface area contributed by atoms with Crippen LogP contribution in [0.5, 0.6) is 5.88 Å². The fourth-order valence-corrected chi connectivity index (χ4v) is 3.82. The predicted octanol–water partition coefficient (Wildman–Crippen LogP) is 3.45. The fraction of sp³-hybridized carbons (Fsp3) is 0.261. The van der Waals surface area contributed by atoms with E-state index in [1.165, 1.54) is 9.70 Å². The Bertz CT molecular complexity index is 1330. The first-order valence-corrected chi connectivity index (χ1v) is 10.5. The highest BCUT2D eigenvalue weighted by Crippen LogP contribution is 2.32. The van der Waals surface area contributed by atoms with Gasteiger partial charge in [-0.15, -0.1) is 15.0 Å². The Balaban J connectivity index is 1.40. The normalized spacial score (nSPS) is 17.8. The summed E-state index contributed by atoms with van der Waals surface area (Å²) >= 11 is 0. The Morgan fingerprint density at radius 3 is 2.70 bits per heavy atom. The van der Waals surface area contributed by atoms with Crippen LogP contribution < -0.4 is 4.74 Å². The Labute approximate surface area is 187 Å². The topological polar surface area (TPSA) is 86.0 Å². The number of hydrogen-bond donors (Lipinski definition) is 0. The lowest BCUT2D eigenvalue weighted by Gasteiger charge is -2.38. The number of fused-ring (bicyclic) bond motifs is 1. The van der Waals surface area contributed by atoms with Crippen LogP contribution in [0.3, 0.4) is 0 Å². The molecule has 1 fully saturated rings. The van der Waals surface area contributed by atoms with Gasteiger partial charge in [-0.1, -0.05) is 30.3 Å². The van der Waals surface area contributed by atoms with Gasteiger partial charge in [-0.2, -0.15) is 0 Å². The first-order valence-electron chi connectivity index (χ1n) is 10.5. The number of aryl methyl sites for hydroxylation is 1. The Kier molecular flexibility index (Phi) is 5.20. The van der Waals surface area contributed by atoms with E-state index in [-0.39, 0.29) is 19.0 Å². The number of para-hydroxylation sites is 2. The standard InChI is InChI=1S/C23H20F2N6O2/c1-15-27-29-31(28-15)19-9-5-3-7-17(19)22(32)30-13-12-23(24,25)20(14-30)33-21-11-10-16-6-2-4-8-18(16)26-21/h2-11,20H,12-14H2,1H3. The number of nitrogens with zero attached hydrogens (tertiary/aromatic N) is 6. The molecule has 10 heteroatoms. The number of halogens is 2. The van der Waals surface area contributed by atoms with Crippen molar-refractivity contribution < 1.29 is 18.3 Å². The molecule has 1 unspecified atom stereocenters. The van der Waals surface area contributed by atoms with Gasteiger partial charge < -0.3 is 9.64 Å². The number of rotatable bonds is 4. The van der Waals surface area contributed by atoms with E-state index in [0.717, 1.165) is 5.39 Å². The second-order valence-electron chi connectivity index (χ2n) is 7.85. The smallest absolute Gasteiger partial charge is 0.287 e. The molecule has 0 saturated carbocycles. The zero-order valence-electron chi connectivity index (χ0n) is 17.7. The second kappa shape index (κ2) is 8.19. The third-order valence-corrected chi connectivity index (χ3v) is 5.56. The maximum atomic E-state index is 14.7.